The van der Waals surface area contributed by atoms with E-state index in [1.807, 2.05) is 0 Å². The largest absolute Gasteiger partial charge is 0.363 e. The van der Waals surface area contributed by atoms with Crippen molar-refractivity contribution in [3.8, 4) is 0 Å². The van der Waals surface area contributed by atoms with Gasteiger partial charge in [-0.2, -0.15) is 17.6 Å². The van der Waals surface area contributed by atoms with E-state index in [2.05, 4.69) is 0 Å². The SMILES string of the molecule is CCCC(C)(CCOC(C)(CC)P(=O)(O)O)C(CC)C(F)(F)C(F)(F)[C@@H](C)F. The first-order chi connectivity index (χ1) is 12.5. The van der Waals surface area contributed by atoms with Crippen molar-refractivity contribution in [2.24, 2.45) is 11.3 Å². The molecule has 0 bridgehead atoms. The topological polar surface area (TPSA) is 66.8 Å². The molecule has 170 valence electrons. The van der Waals surface area contributed by atoms with Crippen LogP contribution in [0.5, 0.6) is 0 Å². The minimum atomic E-state index is -4.83. The Morgan fingerprint density at radius 1 is 1.00 bits per heavy atom. The quantitative estimate of drug-likeness (QED) is 0.266. The number of rotatable bonds is 13. The van der Waals surface area contributed by atoms with E-state index in [9.17, 15) is 36.3 Å². The van der Waals surface area contributed by atoms with E-state index < -0.39 is 42.3 Å². The molecule has 4 nitrogen and oxygen atoms in total. The molecule has 0 rings (SSSR count). The lowest BCUT2D eigenvalue weighted by molar-refractivity contribution is -0.278. The summed E-state index contributed by atoms with van der Waals surface area (Å²) in [6, 6.07) is 0. The van der Waals surface area contributed by atoms with Crippen molar-refractivity contribution in [2.75, 3.05) is 6.61 Å². The van der Waals surface area contributed by atoms with Crippen molar-refractivity contribution in [3.05, 3.63) is 0 Å². The normalized spacial score (nSPS) is 20.3. The highest BCUT2D eigenvalue weighted by Gasteiger charge is 2.66. The van der Waals surface area contributed by atoms with Crippen molar-refractivity contribution >= 4 is 7.60 Å². The summed E-state index contributed by atoms with van der Waals surface area (Å²) in [4.78, 5) is 18.9. The van der Waals surface area contributed by atoms with Crippen molar-refractivity contribution < 1.29 is 41.0 Å². The third-order valence-corrected chi connectivity index (χ3v) is 7.49. The van der Waals surface area contributed by atoms with Crippen molar-refractivity contribution in [2.45, 2.75) is 97.0 Å². The molecule has 0 aromatic heterocycles. The van der Waals surface area contributed by atoms with Gasteiger partial charge in [0, 0.05) is 12.5 Å². The first-order valence-electron chi connectivity index (χ1n) is 9.56. The summed E-state index contributed by atoms with van der Waals surface area (Å²) in [5.41, 5.74) is -1.34. The van der Waals surface area contributed by atoms with Crippen LogP contribution in [0.4, 0.5) is 22.0 Å². The summed E-state index contributed by atoms with van der Waals surface area (Å²) in [5.74, 6) is -11.2. The minimum absolute atomic E-state index is 0.0213. The van der Waals surface area contributed by atoms with Gasteiger partial charge in [-0.15, -0.1) is 0 Å². The molecule has 0 spiro atoms. The van der Waals surface area contributed by atoms with Gasteiger partial charge in [-0.3, -0.25) is 4.57 Å². The Morgan fingerprint density at radius 3 is 1.82 bits per heavy atom. The first-order valence-corrected chi connectivity index (χ1v) is 11.2. The van der Waals surface area contributed by atoms with Crippen molar-refractivity contribution in [1.82, 2.24) is 0 Å². The Hall–Kier alpha value is -0.240. The fourth-order valence-electron chi connectivity index (χ4n) is 3.63. The highest BCUT2D eigenvalue weighted by Crippen LogP contribution is 2.55. The Morgan fingerprint density at radius 2 is 1.50 bits per heavy atom. The maximum atomic E-state index is 14.7. The van der Waals surface area contributed by atoms with Crippen LogP contribution in [0.3, 0.4) is 0 Å². The summed E-state index contributed by atoms with van der Waals surface area (Å²) >= 11 is 0. The molecule has 4 atom stereocenters. The molecule has 0 aliphatic carbocycles. The zero-order chi connectivity index (χ0) is 22.6. The van der Waals surface area contributed by atoms with E-state index in [0.717, 1.165) is 0 Å². The predicted molar refractivity (Wildman–Crippen MR) is 98.6 cm³/mol. The molecule has 0 aromatic rings. The molecule has 3 unspecified atom stereocenters. The zero-order valence-electron chi connectivity index (χ0n) is 17.4. The smallest absolute Gasteiger partial charge is 0.356 e. The maximum absolute atomic E-state index is 14.7. The van der Waals surface area contributed by atoms with Crippen LogP contribution in [0.25, 0.3) is 0 Å². The van der Waals surface area contributed by atoms with Gasteiger partial charge < -0.3 is 14.5 Å². The van der Waals surface area contributed by atoms with Crippen LogP contribution in [0.2, 0.25) is 0 Å². The number of ether oxygens (including phenoxy) is 1. The summed E-state index contributed by atoms with van der Waals surface area (Å²) in [5, 5.41) is -1.79. The van der Waals surface area contributed by atoms with Gasteiger partial charge in [0.25, 0.3) is 0 Å². The maximum Gasteiger partial charge on any atom is 0.356 e. The molecule has 0 aromatic carbocycles. The minimum Gasteiger partial charge on any atom is -0.363 e. The lowest BCUT2D eigenvalue weighted by Crippen LogP contribution is -2.55. The molecule has 0 heterocycles. The Labute approximate surface area is 164 Å². The van der Waals surface area contributed by atoms with E-state index in [1.165, 1.54) is 27.7 Å². The van der Waals surface area contributed by atoms with E-state index in [-0.39, 0.29) is 32.3 Å². The van der Waals surface area contributed by atoms with Crippen molar-refractivity contribution in [1.29, 1.82) is 0 Å². The summed E-state index contributed by atoms with van der Waals surface area (Å²) in [6.07, 6.45) is -2.90. The average Bonchev–Trinajstić information content (AvgIpc) is 2.53. The van der Waals surface area contributed by atoms with Gasteiger partial charge in [-0.25, -0.2) is 4.39 Å². The van der Waals surface area contributed by atoms with Gasteiger partial charge in [0.15, 0.2) is 11.5 Å². The molecular formula is C18H34F5O4P. The lowest BCUT2D eigenvalue weighted by Gasteiger charge is -2.44. The van der Waals surface area contributed by atoms with Gasteiger partial charge in [-0.1, -0.05) is 34.1 Å². The van der Waals surface area contributed by atoms with Gasteiger partial charge >= 0.3 is 19.4 Å². The van der Waals surface area contributed by atoms with Crippen LogP contribution in [0, 0.1) is 11.3 Å². The van der Waals surface area contributed by atoms with Gasteiger partial charge in [0.1, 0.15) is 0 Å². The molecule has 0 aliphatic rings. The highest BCUT2D eigenvalue weighted by atomic mass is 31.2. The van der Waals surface area contributed by atoms with E-state index in [1.54, 1.807) is 6.92 Å². The van der Waals surface area contributed by atoms with Crippen LogP contribution >= 0.6 is 7.60 Å². The molecule has 2 N–H and O–H groups in total. The van der Waals surface area contributed by atoms with Gasteiger partial charge in [0.2, 0.25) is 0 Å². The van der Waals surface area contributed by atoms with Crippen LogP contribution < -0.4 is 0 Å². The van der Waals surface area contributed by atoms with E-state index in [4.69, 9.17) is 4.74 Å². The van der Waals surface area contributed by atoms with Crippen LogP contribution in [-0.2, 0) is 9.30 Å². The van der Waals surface area contributed by atoms with Crippen molar-refractivity contribution in [3.63, 3.8) is 0 Å². The highest BCUT2D eigenvalue weighted by molar-refractivity contribution is 7.53. The zero-order valence-corrected chi connectivity index (χ0v) is 18.3. The fraction of sp³-hybridized carbons (Fsp3) is 1.00. The number of hydrogen-bond acceptors (Lipinski definition) is 2. The third-order valence-electron chi connectivity index (χ3n) is 5.81. The van der Waals surface area contributed by atoms with Crippen LogP contribution in [-0.4, -0.2) is 39.8 Å². The molecule has 0 saturated heterocycles. The number of hydrogen-bond donors (Lipinski definition) is 2. The summed E-state index contributed by atoms with van der Waals surface area (Å²) < 4.78 is 87.7. The Kier molecular flexibility index (Phi) is 9.63. The Balaban J connectivity index is 5.73. The molecule has 10 heteroatoms. The standard InChI is InChI=1S/C18H34F5O4P/c1-7-10-15(5,11-12-27-16(6,9-3)28(24,25)26)14(8-2)18(22,23)17(20,21)13(4)19/h13-14H,7-12H2,1-6H3,(H2,24,25,26)/t13-,14?,15?,16?/m1/s1. The molecule has 0 saturated carbocycles. The molecule has 0 radical (unpaired) electrons. The second-order valence-corrected chi connectivity index (χ2v) is 9.93. The third kappa shape index (κ3) is 5.67. The molecule has 28 heavy (non-hydrogen) atoms. The summed E-state index contributed by atoms with van der Waals surface area (Å²) in [6.45, 7) is 7.32. The molecule has 0 fully saturated rings. The molecule has 0 amide bonds. The van der Waals surface area contributed by atoms with Gasteiger partial charge in [-0.05, 0) is 44.9 Å². The first kappa shape index (κ1) is 27.8. The number of alkyl halides is 5. The molecule has 0 aliphatic heterocycles. The fourth-order valence-corrected chi connectivity index (χ4v) is 4.30. The Bertz CT molecular complexity index is 540. The lowest BCUT2D eigenvalue weighted by atomic mass is 9.66. The van der Waals surface area contributed by atoms with Gasteiger partial charge in [0.05, 0.1) is 0 Å². The monoisotopic (exact) mass is 440 g/mol. The van der Waals surface area contributed by atoms with Crippen LogP contribution in [0.1, 0.15) is 73.6 Å². The van der Waals surface area contributed by atoms with Crippen LogP contribution in [0.15, 0.2) is 0 Å². The second-order valence-electron chi connectivity index (χ2n) is 7.90. The van der Waals surface area contributed by atoms with E-state index in [0.29, 0.717) is 13.3 Å². The summed E-state index contributed by atoms with van der Waals surface area (Å²) in [7, 11) is -4.63. The number of halogens is 5. The predicted octanol–water partition coefficient (Wildman–Crippen LogP) is 6.16. The average molecular weight is 440 g/mol. The van der Waals surface area contributed by atoms with E-state index >= 15 is 0 Å². The second kappa shape index (κ2) is 9.71. The molecular weight excluding hydrogens is 406 g/mol.